The Morgan fingerprint density at radius 3 is 2.59 bits per heavy atom. The molecule has 2 heterocycles. The monoisotopic (exact) mass is 384 g/mol. The number of allylic oxidation sites excluding steroid dienone is 3. The van der Waals surface area contributed by atoms with Crippen LogP contribution in [0.3, 0.4) is 0 Å². The van der Waals surface area contributed by atoms with Crippen molar-refractivity contribution in [2.75, 3.05) is 13.1 Å². The molecule has 0 saturated carbocycles. The van der Waals surface area contributed by atoms with E-state index in [1.165, 1.54) is 16.8 Å². The maximum Gasteiger partial charge on any atom is 0.250 e. The maximum absolute atomic E-state index is 11.8. The lowest BCUT2D eigenvalue weighted by molar-refractivity contribution is 0.306. The number of hydrogen-bond acceptors (Lipinski definition) is 3. The molecular formula is C25H24N2O2. The fourth-order valence-corrected chi connectivity index (χ4v) is 4.13. The SMILES string of the molecule is Cn1c(=O)ccc2cc(COc3ccc4c(c3)CCN(C3=CC=C3)CC4)ccc21. The Morgan fingerprint density at radius 2 is 1.79 bits per heavy atom. The molecule has 146 valence electrons. The standard InChI is InChI=1S/C25H24N2O2/c1-26-24-9-5-18(15-21(24)7-10-25(26)28)17-29-23-8-6-19-11-13-27(22-3-2-4-22)14-12-20(19)16-23/h2-10,15-16H,11-14,17H2,1H3. The summed E-state index contributed by atoms with van der Waals surface area (Å²) in [4.78, 5) is 14.2. The number of pyridine rings is 1. The third kappa shape index (κ3) is 3.46. The lowest BCUT2D eigenvalue weighted by atomic mass is 10.0. The molecule has 2 aliphatic rings. The summed E-state index contributed by atoms with van der Waals surface area (Å²) >= 11 is 0. The Morgan fingerprint density at radius 1 is 0.966 bits per heavy atom. The van der Waals surface area contributed by atoms with Gasteiger partial charge in [-0.2, -0.15) is 0 Å². The van der Waals surface area contributed by atoms with Crippen molar-refractivity contribution in [3.05, 3.63) is 99.5 Å². The van der Waals surface area contributed by atoms with Gasteiger partial charge in [-0.15, -0.1) is 0 Å². The van der Waals surface area contributed by atoms with Crippen LogP contribution in [0.15, 0.2) is 77.3 Å². The van der Waals surface area contributed by atoms with Gasteiger partial charge in [0.1, 0.15) is 12.4 Å². The zero-order chi connectivity index (χ0) is 19.8. The summed E-state index contributed by atoms with van der Waals surface area (Å²) in [5, 5.41) is 1.05. The van der Waals surface area contributed by atoms with Gasteiger partial charge < -0.3 is 14.2 Å². The molecule has 29 heavy (non-hydrogen) atoms. The quantitative estimate of drug-likeness (QED) is 0.683. The zero-order valence-electron chi connectivity index (χ0n) is 16.6. The van der Waals surface area contributed by atoms with Crippen molar-refractivity contribution >= 4 is 10.9 Å². The van der Waals surface area contributed by atoms with Crippen LogP contribution in [0.1, 0.15) is 16.7 Å². The molecule has 0 amide bonds. The second-order valence-corrected chi connectivity index (χ2v) is 7.78. The molecule has 0 saturated heterocycles. The minimum Gasteiger partial charge on any atom is -0.489 e. The van der Waals surface area contributed by atoms with E-state index in [9.17, 15) is 4.79 Å². The Balaban J connectivity index is 1.29. The van der Waals surface area contributed by atoms with Crippen LogP contribution >= 0.6 is 0 Å². The van der Waals surface area contributed by atoms with Crippen LogP contribution in [0.25, 0.3) is 10.9 Å². The molecule has 1 aromatic heterocycles. The van der Waals surface area contributed by atoms with Crippen molar-refractivity contribution in [3.63, 3.8) is 0 Å². The number of aryl methyl sites for hydroxylation is 1. The first-order valence-electron chi connectivity index (χ1n) is 10.1. The van der Waals surface area contributed by atoms with Crippen LogP contribution < -0.4 is 10.3 Å². The van der Waals surface area contributed by atoms with Crippen LogP contribution in [0.5, 0.6) is 5.75 Å². The Bertz CT molecular complexity index is 1200. The topological polar surface area (TPSA) is 34.5 Å². The molecule has 3 aromatic rings. The molecule has 0 bridgehead atoms. The highest BCUT2D eigenvalue weighted by Gasteiger charge is 2.16. The number of ether oxygens (including phenoxy) is 1. The molecule has 1 aliphatic heterocycles. The fraction of sp³-hybridized carbons (Fsp3) is 0.240. The van der Waals surface area contributed by atoms with E-state index in [4.69, 9.17) is 4.74 Å². The van der Waals surface area contributed by atoms with Gasteiger partial charge in [-0.3, -0.25) is 4.79 Å². The van der Waals surface area contributed by atoms with E-state index in [1.807, 2.05) is 18.2 Å². The number of nitrogens with zero attached hydrogens (tertiary/aromatic N) is 2. The van der Waals surface area contributed by atoms with Gasteiger partial charge >= 0.3 is 0 Å². The minimum absolute atomic E-state index is 0.00895. The summed E-state index contributed by atoms with van der Waals surface area (Å²) in [6.45, 7) is 2.64. The van der Waals surface area contributed by atoms with E-state index in [1.54, 1.807) is 17.7 Å². The van der Waals surface area contributed by atoms with Crippen LogP contribution in [-0.4, -0.2) is 22.6 Å². The Kier molecular flexibility index (Phi) is 4.47. The molecule has 2 aromatic carbocycles. The van der Waals surface area contributed by atoms with Gasteiger partial charge in [-0.05, 0) is 77.4 Å². The number of benzene rings is 2. The van der Waals surface area contributed by atoms with E-state index in [-0.39, 0.29) is 5.56 Å². The number of hydrogen-bond donors (Lipinski definition) is 0. The smallest absolute Gasteiger partial charge is 0.250 e. The first-order chi connectivity index (χ1) is 14.2. The first kappa shape index (κ1) is 17.8. The molecule has 0 spiro atoms. The van der Waals surface area contributed by atoms with Crippen molar-refractivity contribution < 1.29 is 4.74 Å². The molecular weight excluding hydrogens is 360 g/mol. The van der Waals surface area contributed by atoms with Crippen LogP contribution in [0, 0.1) is 0 Å². The summed E-state index contributed by atoms with van der Waals surface area (Å²) in [5.74, 6) is 0.917. The maximum atomic E-state index is 11.8. The molecule has 0 radical (unpaired) electrons. The van der Waals surface area contributed by atoms with Crippen molar-refractivity contribution in [2.45, 2.75) is 19.4 Å². The van der Waals surface area contributed by atoms with Gasteiger partial charge in [-0.25, -0.2) is 0 Å². The molecule has 0 fully saturated rings. The molecule has 4 heteroatoms. The second-order valence-electron chi connectivity index (χ2n) is 7.78. The van der Waals surface area contributed by atoms with E-state index >= 15 is 0 Å². The summed E-state index contributed by atoms with van der Waals surface area (Å²) in [6, 6.07) is 16.1. The average molecular weight is 384 g/mol. The van der Waals surface area contributed by atoms with E-state index in [2.05, 4.69) is 47.4 Å². The van der Waals surface area contributed by atoms with Crippen LogP contribution in [0.2, 0.25) is 0 Å². The summed E-state index contributed by atoms with van der Waals surface area (Å²) in [6.07, 6.45) is 8.59. The number of aromatic nitrogens is 1. The molecule has 0 unspecified atom stereocenters. The zero-order valence-corrected chi connectivity index (χ0v) is 16.6. The van der Waals surface area contributed by atoms with Crippen LogP contribution in [-0.2, 0) is 26.5 Å². The number of fused-ring (bicyclic) bond motifs is 2. The predicted octanol–water partition coefficient (Wildman–Crippen LogP) is 3.97. The summed E-state index contributed by atoms with van der Waals surface area (Å²) in [7, 11) is 1.80. The highest BCUT2D eigenvalue weighted by molar-refractivity contribution is 5.79. The summed E-state index contributed by atoms with van der Waals surface area (Å²) < 4.78 is 7.78. The highest BCUT2D eigenvalue weighted by atomic mass is 16.5. The molecule has 4 nitrogen and oxygen atoms in total. The van der Waals surface area contributed by atoms with Gasteiger partial charge in [0.2, 0.25) is 0 Å². The Hall–Kier alpha value is -3.27. The Labute approximate surface area is 170 Å². The highest BCUT2D eigenvalue weighted by Crippen LogP contribution is 2.25. The van der Waals surface area contributed by atoms with Gasteiger partial charge in [0.15, 0.2) is 0 Å². The van der Waals surface area contributed by atoms with Crippen LogP contribution in [0.4, 0.5) is 0 Å². The molecule has 5 rings (SSSR count). The third-order valence-electron chi connectivity index (χ3n) is 5.97. The molecule has 0 N–H and O–H groups in total. The minimum atomic E-state index is 0.00895. The van der Waals surface area contributed by atoms with Gasteiger partial charge in [-0.1, -0.05) is 18.2 Å². The molecule has 0 atom stereocenters. The largest absolute Gasteiger partial charge is 0.489 e. The van der Waals surface area contributed by atoms with Crippen molar-refractivity contribution in [1.82, 2.24) is 9.47 Å². The first-order valence-corrected chi connectivity index (χ1v) is 10.1. The van der Waals surface area contributed by atoms with Gasteiger partial charge in [0.05, 0.1) is 5.52 Å². The fourth-order valence-electron chi connectivity index (χ4n) is 4.13. The van der Waals surface area contributed by atoms with Crippen molar-refractivity contribution in [2.24, 2.45) is 7.05 Å². The van der Waals surface area contributed by atoms with Gasteiger partial charge in [0, 0.05) is 31.9 Å². The lowest BCUT2D eigenvalue weighted by Gasteiger charge is -2.26. The van der Waals surface area contributed by atoms with E-state index in [0.717, 1.165) is 48.1 Å². The van der Waals surface area contributed by atoms with Crippen molar-refractivity contribution in [1.29, 1.82) is 0 Å². The summed E-state index contributed by atoms with van der Waals surface area (Å²) in [5.41, 5.74) is 6.21. The third-order valence-corrected chi connectivity index (χ3v) is 5.97. The van der Waals surface area contributed by atoms with Gasteiger partial charge in [0.25, 0.3) is 5.56 Å². The second kappa shape index (κ2) is 7.28. The van der Waals surface area contributed by atoms with E-state index in [0.29, 0.717) is 6.61 Å². The average Bonchev–Trinajstić information content (AvgIpc) is 2.90. The molecule has 1 aliphatic carbocycles. The lowest BCUT2D eigenvalue weighted by Crippen LogP contribution is -2.26. The predicted molar refractivity (Wildman–Crippen MR) is 116 cm³/mol. The van der Waals surface area contributed by atoms with E-state index < -0.39 is 0 Å². The normalized spacial score (nSPS) is 15.5. The number of rotatable bonds is 4. The van der Waals surface area contributed by atoms with Crippen molar-refractivity contribution in [3.8, 4) is 5.75 Å².